The number of aryl methyl sites for hydroxylation is 1. The third-order valence-corrected chi connectivity index (χ3v) is 2.94. The Morgan fingerprint density at radius 1 is 1.31 bits per heavy atom. The first-order valence-electron chi connectivity index (χ1n) is 5.28. The largest absolute Gasteiger partial charge is 0.306 e. The topological polar surface area (TPSA) is 17.1 Å². The van der Waals surface area contributed by atoms with E-state index in [1.165, 1.54) is 0 Å². The zero-order valence-electron chi connectivity index (χ0n) is 8.95. The quantitative estimate of drug-likeness (QED) is 0.596. The van der Waals surface area contributed by atoms with Crippen LogP contribution in [0.2, 0.25) is 0 Å². The lowest BCUT2D eigenvalue weighted by molar-refractivity contribution is 0.103. The Kier molecular flexibility index (Phi) is 1.87. The van der Waals surface area contributed by atoms with Gasteiger partial charge >= 0.3 is 0 Å². The summed E-state index contributed by atoms with van der Waals surface area (Å²) >= 11 is 0. The van der Waals surface area contributed by atoms with E-state index < -0.39 is 0 Å². The van der Waals surface area contributed by atoms with Crippen LogP contribution in [0.1, 0.15) is 21.5 Å². The zero-order chi connectivity index (χ0) is 11.1. The summed E-state index contributed by atoms with van der Waals surface area (Å²) in [6, 6.07) is 5.87. The molecule has 1 heteroatoms. The summed E-state index contributed by atoms with van der Waals surface area (Å²) in [5.74, 6) is 0.113. The summed E-state index contributed by atoms with van der Waals surface area (Å²) in [4.78, 5) is 12.3. The number of carbonyl (C=O) groups is 1. The number of Topliss-reactive ketones (excluding diaryl/α,β-unsaturated/α-hetero) is 1. The molecule has 0 heterocycles. The lowest BCUT2D eigenvalue weighted by Gasteiger charge is -2.26. The predicted molar refractivity (Wildman–Crippen MR) is 62.9 cm³/mol. The molecule has 0 amide bonds. The van der Waals surface area contributed by atoms with Gasteiger partial charge in [-0.2, -0.15) is 0 Å². The summed E-state index contributed by atoms with van der Waals surface area (Å²) in [6.45, 7) is 1.96. The van der Waals surface area contributed by atoms with Crippen LogP contribution in [-0.2, 0) is 0 Å². The Balaban J connectivity index is 2.30. The van der Waals surface area contributed by atoms with Gasteiger partial charge in [-0.15, -0.1) is 29.4 Å². The van der Waals surface area contributed by atoms with Gasteiger partial charge in [0.1, 0.15) is 5.78 Å². The van der Waals surface area contributed by atoms with Gasteiger partial charge in [0.15, 0.2) is 0 Å². The summed E-state index contributed by atoms with van der Waals surface area (Å²) in [6.07, 6.45) is 10.9. The minimum absolute atomic E-state index is 0.113. The van der Waals surface area contributed by atoms with Crippen LogP contribution in [0.5, 0.6) is 0 Å². The molecule has 0 saturated carbocycles. The predicted octanol–water partition coefficient (Wildman–Crippen LogP) is 2.97. The van der Waals surface area contributed by atoms with Crippen LogP contribution in [0.25, 0.3) is 0 Å². The minimum atomic E-state index is 0.113. The van der Waals surface area contributed by atoms with Crippen molar-refractivity contribution in [2.24, 2.45) is 0 Å². The molecular formula is C15H10O. The Labute approximate surface area is 94.8 Å². The summed E-state index contributed by atoms with van der Waals surface area (Å²) in [5.41, 5.74) is 4.37. The van der Waals surface area contributed by atoms with Crippen LogP contribution in [0, 0.1) is 19.4 Å². The average Bonchev–Trinajstić information content (AvgIpc) is 2.29. The van der Waals surface area contributed by atoms with Crippen molar-refractivity contribution in [3.05, 3.63) is 76.8 Å². The average molecular weight is 206 g/mol. The van der Waals surface area contributed by atoms with Crippen molar-refractivity contribution in [2.45, 2.75) is 6.92 Å². The van der Waals surface area contributed by atoms with Crippen molar-refractivity contribution < 1.29 is 4.79 Å². The Morgan fingerprint density at radius 3 is 3.06 bits per heavy atom. The fourth-order valence-corrected chi connectivity index (χ4v) is 2.14. The molecule has 1 nitrogen and oxygen atoms in total. The van der Waals surface area contributed by atoms with E-state index in [9.17, 15) is 4.79 Å². The molecule has 2 aliphatic rings. The van der Waals surface area contributed by atoms with Gasteiger partial charge in [-0.1, -0.05) is 17.7 Å². The van der Waals surface area contributed by atoms with E-state index in [1.54, 1.807) is 0 Å². The number of benzene rings is 1. The van der Waals surface area contributed by atoms with Crippen LogP contribution in [0.15, 0.2) is 47.6 Å². The molecule has 0 aromatic heterocycles. The van der Waals surface area contributed by atoms with Crippen LogP contribution in [-0.4, -0.2) is 5.78 Å². The molecule has 3 rings (SSSR count). The number of rotatable bonds is 0. The summed E-state index contributed by atoms with van der Waals surface area (Å²) < 4.78 is 0. The van der Waals surface area contributed by atoms with E-state index in [1.807, 2.05) is 49.8 Å². The van der Waals surface area contributed by atoms with Gasteiger partial charge in [0, 0.05) is 0 Å². The maximum atomic E-state index is 12.3. The van der Waals surface area contributed by atoms with E-state index in [2.05, 4.69) is 6.08 Å². The second kappa shape index (κ2) is 3.24. The van der Waals surface area contributed by atoms with Crippen molar-refractivity contribution in [3.63, 3.8) is 0 Å². The molecule has 1 aromatic rings. The van der Waals surface area contributed by atoms with Gasteiger partial charge < -0.3 is 4.79 Å². The normalized spacial score (nSPS) is 16.9. The van der Waals surface area contributed by atoms with Crippen LogP contribution < -0.4 is 0 Å². The fraction of sp³-hybridized carbons (Fsp3) is 0.0667. The molecule has 16 heavy (non-hydrogen) atoms. The van der Waals surface area contributed by atoms with Gasteiger partial charge in [-0.05, 0) is 36.6 Å². The van der Waals surface area contributed by atoms with E-state index in [0.29, 0.717) is 0 Å². The van der Waals surface area contributed by atoms with E-state index in [4.69, 9.17) is 0 Å². The molecule has 0 atom stereocenters. The van der Waals surface area contributed by atoms with Crippen molar-refractivity contribution in [3.8, 4) is 0 Å². The SMILES string of the molecule is Cc1cccc2c1C(=O)C1=C[CH+]C=CC1=[C-]2. The Morgan fingerprint density at radius 2 is 2.19 bits per heavy atom. The number of hydrogen-bond acceptors (Lipinski definition) is 1. The number of hydrogen-bond donors (Lipinski definition) is 0. The molecule has 0 spiro atoms. The van der Waals surface area contributed by atoms with Gasteiger partial charge in [0.2, 0.25) is 0 Å². The first-order chi connectivity index (χ1) is 7.77. The van der Waals surface area contributed by atoms with Crippen LogP contribution in [0.3, 0.4) is 0 Å². The molecule has 0 saturated heterocycles. The second-order valence-electron chi connectivity index (χ2n) is 4.00. The summed E-state index contributed by atoms with van der Waals surface area (Å²) in [7, 11) is 0. The Hall–Kier alpha value is -2.02. The lowest BCUT2D eigenvalue weighted by atomic mass is 9.82. The molecule has 0 radical (unpaired) electrons. The standard InChI is InChI=1S/C15H10O/c1-10-5-4-7-12-9-11-6-2-3-8-13(11)15(16)14(10)12/h2-8H,1H3. The monoisotopic (exact) mass is 206 g/mol. The first kappa shape index (κ1) is 9.22. The Bertz CT molecular complexity index is 571. The number of ketones is 1. The third kappa shape index (κ3) is 1.18. The fourth-order valence-electron chi connectivity index (χ4n) is 2.14. The number of carbonyl (C=O) groups excluding carboxylic acids is 1. The third-order valence-electron chi connectivity index (χ3n) is 2.94. The molecule has 76 valence electrons. The van der Waals surface area contributed by atoms with Crippen molar-refractivity contribution in [2.75, 3.05) is 0 Å². The van der Waals surface area contributed by atoms with Crippen molar-refractivity contribution in [1.82, 2.24) is 0 Å². The highest BCUT2D eigenvalue weighted by molar-refractivity contribution is 6.15. The van der Waals surface area contributed by atoms with Gasteiger partial charge in [0.05, 0.1) is 0 Å². The van der Waals surface area contributed by atoms with Gasteiger partial charge in [-0.3, -0.25) is 0 Å². The molecule has 0 bridgehead atoms. The number of allylic oxidation sites excluding steroid dienone is 5. The van der Waals surface area contributed by atoms with Gasteiger partial charge in [-0.25, -0.2) is 0 Å². The first-order valence-corrected chi connectivity index (χ1v) is 5.28. The van der Waals surface area contributed by atoms with E-state index in [0.717, 1.165) is 27.8 Å². The molecular weight excluding hydrogens is 196 g/mol. The van der Waals surface area contributed by atoms with E-state index >= 15 is 0 Å². The van der Waals surface area contributed by atoms with Gasteiger partial charge in [0.25, 0.3) is 0 Å². The molecule has 2 aliphatic carbocycles. The molecule has 0 N–H and O–H groups in total. The molecule has 1 aromatic carbocycles. The number of fused-ring (bicyclic) bond motifs is 2. The second-order valence-corrected chi connectivity index (χ2v) is 4.00. The smallest absolute Gasteiger partial charge is 0.130 e. The molecule has 0 fully saturated rings. The van der Waals surface area contributed by atoms with E-state index in [-0.39, 0.29) is 5.78 Å². The molecule has 0 unspecified atom stereocenters. The van der Waals surface area contributed by atoms with Crippen LogP contribution >= 0.6 is 0 Å². The highest BCUT2D eigenvalue weighted by Gasteiger charge is 2.18. The highest BCUT2D eigenvalue weighted by atomic mass is 16.1. The summed E-state index contributed by atoms with van der Waals surface area (Å²) in [5, 5.41) is 0. The van der Waals surface area contributed by atoms with Crippen LogP contribution in [0.4, 0.5) is 0 Å². The highest BCUT2D eigenvalue weighted by Crippen LogP contribution is 2.31. The maximum Gasteiger partial charge on any atom is 0.130 e. The van der Waals surface area contributed by atoms with Crippen molar-refractivity contribution >= 4 is 5.78 Å². The zero-order valence-corrected chi connectivity index (χ0v) is 8.95. The maximum absolute atomic E-state index is 12.3. The lowest BCUT2D eigenvalue weighted by Crippen LogP contribution is -2.15. The molecule has 0 aliphatic heterocycles. The van der Waals surface area contributed by atoms with Crippen molar-refractivity contribution in [1.29, 1.82) is 0 Å². The minimum Gasteiger partial charge on any atom is -0.306 e.